The summed E-state index contributed by atoms with van der Waals surface area (Å²) < 4.78 is 0. The van der Waals surface area contributed by atoms with Gasteiger partial charge in [-0.15, -0.1) is 12.8 Å². The van der Waals surface area contributed by atoms with Crippen molar-refractivity contribution in [2.24, 2.45) is 0 Å². The van der Waals surface area contributed by atoms with Crippen molar-refractivity contribution < 1.29 is 10.2 Å². The zero-order valence-corrected chi connectivity index (χ0v) is 20.4. The minimum atomic E-state index is -0.721. The third kappa shape index (κ3) is 24.5. The van der Waals surface area contributed by atoms with Crippen LogP contribution in [0.1, 0.15) is 116 Å². The van der Waals surface area contributed by atoms with Crippen LogP contribution in [0, 0.1) is 24.7 Å². The Kier molecular flexibility index (Phi) is 24.1. The van der Waals surface area contributed by atoms with Crippen molar-refractivity contribution in [2.75, 3.05) is 0 Å². The molecule has 2 N–H and O–H groups in total. The summed E-state index contributed by atoms with van der Waals surface area (Å²) in [6.07, 6.45) is 43.7. The number of aliphatic hydroxyl groups excluding tert-OH is 2. The summed E-state index contributed by atoms with van der Waals surface area (Å²) in [5.41, 5.74) is 0. The zero-order valence-electron chi connectivity index (χ0n) is 20.4. The molecule has 0 fully saturated rings. The molecule has 0 bridgehead atoms. The lowest BCUT2D eigenvalue weighted by Crippen LogP contribution is -1.95. The molecule has 2 heteroatoms. The van der Waals surface area contributed by atoms with Crippen LogP contribution in [0.15, 0.2) is 36.5 Å². The molecule has 0 aromatic rings. The van der Waals surface area contributed by atoms with Crippen LogP contribution < -0.4 is 0 Å². The highest BCUT2D eigenvalue weighted by Crippen LogP contribution is 2.12. The van der Waals surface area contributed by atoms with E-state index in [0.29, 0.717) is 0 Å². The van der Waals surface area contributed by atoms with E-state index in [1.54, 1.807) is 12.2 Å². The average Bonchev–Trinajstić information content (AvgIpc) is 2.81. The first-order chi connectivity index (χ1) is 15.7. The van der Waals surface area contributed by atoms with Crippen LogP contribution in [0.5, 0.6) is 0 Å². The summed E-state index contributed by atoms with van der Waals surface area (Å²) in [6, 6.07) is 0. The summed E-state index contributed by atoms with van der Waals surface area (Å²) in [7, 11) is 0. The van der Waals surface area contributed by atoms with E-state index in [1.807, 2.05) is 12.2 Å². The van der Waals surface area contributed by atoms with Crippen LogP contribution in [0.2, 0.25) is 0 Å². The summed E-state index contributed by atoms with van der Waals surface area (Å²) in [4.78, 5) is 0. The Morgan fingerprint density at radius 1 is 0.438 bits per heavy atom. The van der Waals surface area contributed by atoms with Crippen molar-refractivity contribution in [1.29, 1.82) is 0 Å². The van der Waals surface area contributed by atoms with Crippen molar-refractivity contribution >= 4 is 0 Å². The van der Waals surface area contributed by atoms with Crippen LogP contribution in [0.25, 0.3) is 0 Å². The standard InChI is InChI=1S/C30H48O2/c1-3-29(31)27-25-23-21-19-17-15-13-11-9-7-5-6-8-10-12-14-16-18-20-22-24-26-28-30(32)4-2/h1-2,5-6,25-32H,7-24H2/b6-5+,27-25?,28-26?. The SMILES string of the molecule is C#CC(O)C=CCCCCCCCCC/C=C/CCCCCCCCCC=CC(O)C#C. The maximum Gasteiger partial charge on any atom is 0.133 e. The quantitative estimate of drug-likeness (QED) is 0.103. The molecule has 0 spiro atoms. The number of unbranched alkanes of at least 4 members (excludes halogenated alkanes) is 16. The van der Waals surface area contributed by atoms with Crippen LogP contribution >= 0.6 is 0 Å². The molecular weight excluding hydrogens is 392 g/mol. The molecule has 0 aliphatic heterocycles. The highest BCUT2D eigenvalue weighted by molar-refractivity contribution is 5.06. The van der Waals surface area contributed by atoms with Gasteiger partial charge in [-0.25, -0.2) is 0 Å². The lowest BCUT2D eigenvalue weighted by molar-refractivity contribution is 0.280. The van der Waals surface area contributed by atoms with E-state index in [-0.39, 0.29) is 0 Å². The van der Waals surface area contributed by atoms with Gasteiger partial charge in [-0.1, -0.05) is 100 Å². The first-order valence-corrected chi connectivity index (χ1v) is 13.0. The predicted molar refractivity (Wildman–Crippen MR) is 140 cm³/mol. The second-order valence-electron chi connectivity index (χ2n) is 8.66. The van der Waals surface area contributed by atoms with Gasteiger partial charge in [-0.05, 0) is 63.5 Å². The maximum absolute atomic E-state index is 9.21. The molecule has 180 valence electrons. The van der Waals surface area contributed by atoms with Crippen molar-refractivity contribution in [1.82, 2.24) is 0 Å². The zero-order chi connectivity index (χ0) is 23.5. The highest BCUT2D eigenvalue weighted by Gasteiger charge is 1.94. The smallest absolute Gasteiger partial charge is 0.133 e. The molecule has 0 rings (SSSR count). The largest absolute Gasteiger partial charge is 0.377 e. The Balaban J connectivity index is 3.21. The fourth-order valence-corrected chi connectivity index (χ4v) is 3.61. The third-order valence-electron chi connectivity index (χ3n) is 5.63. The number of hydrogen-bond donors (Lipinski definition) is 2. The molecule has 0 saturated carbocycles. The van der Waals surface area contributed by atoms with Crippen molar-refractivity contribution in [3.63, 3.8) is 0 Å². The van der Waals surface area contributed by atoms with Gasteiger partial charge in [0.1, 0.15) is 12.2 Å². The Morgan fingerprint density at radius 3 is 0.969 bits per heavy atom. The molecule has 0 amide bonds. The average molecular weight is 441 g/mol. The Morgan fingerprint density at radius 2 is 0.688 bits per heavy atom. The van der Waals surface area contributed by atoms with Crippen LogP contribution in [0.3, 0.4) is 0 Å². The van der Waals surface area contributed by atoms with E-state index in [2.05, 4.69) is 24.0 Å². The van der Waals surface area contributed by atoms with E-state index in [9.17, 15) is 10.2 Å². The predicted octanol–water partition coefficient (Wildman–Crippen LogP) is 7.67. The molecule has 0 aromatic carbocycles. The second-order valence-corrected chi connectivity index (χ2v) is 8.66. The molecule has 0 heterocycles. The maximum atomic E-state index is 9.21. The Bertz CT molecular complexity index is 508. The van der Waals surface area contributed by atoms with E-state index >= 15 is 0 Å². The van der Waals surface area contributed by atoms with Crippen LogP contribution in [0.4, 0.5) is 0 Å². The van der Waals surface area contributed by atoms with Crippen LogP contribution in [-0.2, 0) is 0 Å². The van der Waals surface area contributed by atoms with Crippen LogP contribution in [-0.4, -0.2) is 22.4 Å². The first-order valence-electron chi connectivity index (χ1n) is 13.0. The molecule has 0 aliphatic carbocycles. The molecule has 0 radical (unpaired) electrons. The minimum Gasteiger partial charge on any atom is -0.377 e. The molecule has 32 heavy (non-hydrogen) atoms. The summed E-state index contributed by atoms with van der Waals surface area (Å²) in [5, 5.41) is 18.4. The second kappa shape index (κ2) is 25.5. The number of allylic oxidation sites excluding steroid dienone is 4. The van der Waals surface area contributed by atoms with Gasteiger partial charge in [-0.2, -0.15) is 0 Å². The van der Waals surface area contributed by atoms with Crippen molar-refractivity contribution in [2.45, 2.75) is 128 Å². The normalized spacial score (nSPS) is 13.6. The van der Waals surface area contributed by atoms with Gasteiger partial charge in [0.25, 0.3) is 0 Å². The lowest BCUT2D eigenvalue weighted by Gasteiger charge is -2.01. The van der Waals surface area contributed by atoms with Gasteiger partial charge in [0, 0.05) is 0 Å². The molecule has 2 nitrogen and oxygen atoms in total. The van der Waals surface area contributed by atoms with Crippen molar-refractivity contribution in [3.8, 4) is 24.7 Å². The topological polar surface area (TPSA) is 40.5 Å². The molecule has 2 atom stereocenters. The van der Waals surface area contributed by atoms with Gasteiger partial charge >= 0.3 is 0 Å². The van der Waals surface area contributed by atoms with Gasteiger partial charge in [0.15, 0.2) is 0 Å². The number of hydrogen-bond acceptors (Lipinski definition) is 2. The third-order valence-corrected chi connectivity index (χ3v) is 5.63. The van der Waals surface area contributed by atoms with E-state index < -0.39 is 12.2 Å². The molecular formula is C30H48O2. The minimum absolute atomic E-state index is 0.721. The monoisotopic (exact) mass is 440 g/mol. The molecule has 0 saturated heterocycles. The van der Waals surface area contributed by atoms with Crippen molar-refractivity contribution in [3.05, 3.63) is 36.5 Å². The Hall–Kier alpha value is -1.74. The number of terminal acetylenes is 2. The summed E-state index contributed by atoms with van der Waals surface area (Å²) >= 11 is 0. The van der Waals surface area contributed by atoms with Gasteiger partial charge in [0.2, 0.25) is 0 Å². The fraction of sp³-hybridized carbons (Fsp3) is 0.667. The molecule has 0 aromatic heterocycles. The number of rotatable bonds is 22. The first kappa shape index (κ1) is 30.3. The fourth-order valence-electron chi connectivity index (χ4n) is 3.61. The summed E-state index contributed by atoms with van der Waals surface area (Å²) in [5.74, 6) is 4.57. The van der Waals surface area contributed by atoms with E-state index in [1.165, 1.54) is 103 Å². The van der Waals surface area contributed by atoms with E-state index in [4.69, 9.17) is 12.8 Å². The highest BCUT2D eigenvalue weighted by atomic mass is 16.3. The molecule has 2 unspecified atom stereocenters. The summed E-state index contributed by atoms with van der Waals surface area (Å²) in [6.45, 7) is 0. The van der Waals surface area contributed by atoms with Gasteiger partial charge in [-0.3, -0.25) is 0 Å². The molecule has 0 aliphatic rings. The van der Waals surface area contributed by atoms with E-state index in [0.717, 1.165) is 12.8 Å². The van der Waals surface area contributed by atoms with Gasteiger partial charge in [0.05, 0.1) is 0 Å². The van der Waals surface area contributed by atoms with Gasteiger partial charge < -0.3 is 10.2 Å². The Labute approximate surface area is 199 Å². The number of aliphatic hydroxyl groups is 2. The lowest BCUT2D eigenvalue weighted by atomic mass is 10.1.